The van der Waals surface area contributed by atoms with Crippen LogP contribution in [-0.4, -0.2) is 63.0 Å². The number of likely N-dealkylation sites (tertiary alicyclic amines) is 1. The van der Waals surface area contributed by atoms with Crippen molar-refractivity contribution in [3.63, 3.8) is 0 Å². The highest BCUT2D eigenvalue weighted by molar-refractivity contribution is 7.90. The van der Waals surface area contributed by atoms with Crippen molar-refractivity contribution in [3.8, 4) is 0 Å². The van der Waals surface area contributed by atoms with E-state index in [1.807, 2.05) is 0 Å². The van der Waals surface area contributed by atoms with E-state index in [-0.39, 0.29) is 11.6 Å². The van der Waals surface area contributed by atoms with Crippen LogP contribution in [-0.2, 0) is 14.9 Å². The Morgan fingerprint density at radius 1 is 1.20 bits per heavy atom. The van der Waals surface area contributed by atoms with Gasteiger partial charge in [-0.1, -0.05) is 6.07 Å². The summed E-state index contributed by atoms with van der Waals surface area (Å²) in [6.45, 7) is 2.15. The highest BCUT2D eigenvalue weighted by atomic mass is 32.2. The maximum absolute atomic E-state index is 12.4. The van der Waals surface area contributed by atoms with Crippen LogP contribution < -0.4 is 10.0 Å². The van der Waals surface area contributed by atoms with Crippen molar-refractivity contribution in [2.45, 2.75) is 24.9 Å². The van der Waals surface area contributed by atoms with Crippen LogP contribution in [0.25, 0.3) is 0 Å². The van der Waals surface area contributed by atoms with Gasteiger partial charge in [0.1, 0.15) is 0 Å². The van der Waals surface area contributed by atoms with E-state index in [2.05, 4.69) is 10.0 Å². The zero-order valence-corrected chi connectivity index (χ0v) is 15.3. The van der Waals surface area contributed by atoms with Crippen LogP contribution >= 0.6 is 0 Å². The first-order valence-corrected chi connectivity index (χ1v) is 9.74. The number of nitrogens with one attached hydrogen (secondary N) is 2. The minimum atomic E-state index is -3.58. The van der Waals surface area contributed by atoms with Gasteiger partial charge in [0, 0.05) is 32.9 Å². The van der Waals surface area contributed by atoms with Gasteiger partial charge in [0.05, 0.1) is 17.9 Å². The molecule has 1 spiro atoms. The Kier molecular flexibility index (Phi) is 4.90. The van der Waals surface area contributed by atoms with E-state index in [1.54, 1.807) is 29.2 Å². The number of anilines is 2. The highest BCUT2D eigenvalue weighted by Crippen LogP contribution is 2.36. The summed E-state index contributed by atoms with van der Waals surface area (Å²) in [5, 5.41) is 2.83. The predicted molar refractivity (Wildman–Crippen MR) is 95.8 cm³/mol. The predicted octanol–water partition coefficient (Wildman–Crippen LogP) is 1.69. The molecule has 25 heavy (non-hydrogen) atoms. The third-order valence-electron chi connectivity index (χ3n) is 4.77. The van der Waals surface area contributed by atoms with Crippen molar-refractivity contribution < 1.29 is 17.9 Å². The van der Waals surface area contributed by atoms with E-state index in [9.17, 15) is 13.2 Å². The monoisotopic (exact) mass is 368 g/mol. The van der Waals surface area contributed by atoms with Gasteiger partial charge in [-0.05, 0) is 37.5 Å². The molecule has 0 aliphatic carbocycles. The minimum absolute atomic E-state index is 0.00115. The molecule has 2 aliphatic rings. The number of urea groups is 1. The molecule has 2 heterocycles. The molecule has 8 nitrogen and oxygen atoms in total. The molecule has 138 valence electrons. The summed E-state index contributed by atoms with van der Waals surface area (Å²) in [6.07, 6.45) is 2.81. The lowest BCUT2D eigenvalue weighted by Gasteiger charge is -2.47. The molecular weight excluding hydrogens is 344 g/mol. The lowest BCUT2D eigenvalue weighted by Crippen LogP contribution is -2.54. The van der Waals surface area contributed by atoms with E-state index < -0.39 is 10.2 Å². The molecule has 1 aromatic carbocycles. The Morgan fingerprint density at radius 3 is 2.40 bits per heavy atom. The Hall–Kier alpha value is -1.84. The van der Waals surface area contributed by atoms with Crippen molar-refractivity contribution in [1.82, 2.24) is 9.21 Å². The number of piperidine rings is 1. The quantitative estimate of drug-likeness (QED) is 0.846. The first kappa shape index (κ1) is 18.0. The lowest BCUT2D eigenvalue weighted by atomic mass is 9.84. The molecule has 2 saturated heterocycles. The Morgan fingerprint density at radius 2 is 1.84 bits per heavy atom. The number of benzene rings is 1. The number of hydrogen-bond donors (Lipinski definition) is 2. The SMILES string of the molecule is CN(C)S(=O)(=O)Nc1cccc(NC(=O)N2CCC3(CCO3)CC2)c1. The van der Waals surface area contributed by atoms with E-state index in [0.29, 0.717) is 24.5 Å². The van der Waals surface area contributed by atoms with E-state index >= 15 is 0 Å². The summed E-state index contributed by atoms with van der Waals surface area (Å²) in [6, 6.07) is 6.47. The summed E-state index contributed by atoms with van der Waals surface area (Å²) in [4.78, 5) is 14.2. The zero-order chi connectivity index (χ0) is 18.1. The van der Waals surface area contributed by atoms with Crippen LogP contribution in [0.1, 0.15) is 19.3 Å². The zero-order valence-electron chi connectivity index (χ0n) is 14.5. The highest BCUT2D eigenvalue weighted by Gasteiger charge is 2.41. The molecule has 1 aromatic rings. The molecule has 0 unspecified atom stereocenters. The molecule has 0 radical (unpaired) electrons. The summed E-state index contributed by atoms with van der Waals surface area (Å²) in [5.74, 6) is 0. The van der Waals surface area contributed by atoms with Crippen LogP contribution in [0.4, 0.5) is 16.2 Å². The van der Waals surface area contributed by atoms with E-state index in [1.165, 1.54) is 14.1 Å². The second kappa shape index (κ2) is 6.81. The molecular formula is C16H24N4O4S. The number of amides is 2. The molecule has 2 amide bonds. The van der Waals surface area contributed by atoms with Crippen molar-refractivity contribution in [1.29, 1.82) is 0 Å². The fourth-order valence-electron chi connectivity index (χ4n) is 3.01. The largest absolute Gasteiger partial charge is 0.375 e. The molecule has 2 aliphatic heterocycles. The van der Waals surface area contributed by atoms with Crippen LogP contribution in [0.15, 0.2) is 24.3 Å². The number of carbonyl (C=O) groups excluding carboxylic acids is 1. The molecule has 2 fully saturated rings. The van der Waals surface area contributed by atoms with Gasteiger partial charge in [0.2, 0.25) is 0 Å². The number of carbonyl (C=O) groups is 1. The van der Waals surface area contributed by atoms with Gasteiger partial charge in [-0.2, -0.15) is 12.7 Å². The van der Waals surface area contributed by atoms with Crippen molar-refractivity contribution in [2.75, 3.05) is 43.8 Å². The van der Waals surface area contributed by atoms with E-state index in [0.717, 1.165) is 30.2 Å². The number of nitrogens with zero attached hydrogens (tertiary/aromatic N) is 2. The summed E-state index contributed by atoms with van der Waals surface area (Å²) in [7, 11) is -0.685. The molecule has 0 atom stereocenters. The number of rotatable bonds is 4. The molecule has 9 heteroatoms. The van der Waals surface area contributed by atoms with Crippen molar-refractivity contribution >= 4 is 27.6 Å². The molecule has 0 bridgehead atoms. The molecule has 0 aromatic heterocycles. The van der Waals surface area contributed by atoms with Crippen LogP contribution in [0, 0.1) is 0 Å². The maximum atomic E-state index is 12.4. The summed E-state index contributed by atoms with van der Waals surface area (Å²) < 4.78 is 33.0. The van der Waals surface area contributed by atoms with Gasteiger partial charge in [-0.25, -0.2) is 4.79 Å². The molecule has 2 N–H and O–H groups in total. The smallest absolute Gasteiger partial charge is 0.321 e. The standard InChI is InChI=1S/C16H24N4O4S/c1-19(2)25(22,23)18-14-5-3-4-13(12-14)17-15(21)20-9-6-16(7-10-20)8-11-24-16/h3-5,12,18H,6-11H2,1-2H3,(H,17,21). The second-order valence-corrected chi connectivity index (χ2v) is 8.55. The third kappa shape index (κ3) is 4.05. The van der Waals surface area contributed by atoms with Crippen molar-refractivity contribution in [2.24, 2.45) is 0 Å². The Bertz CT molecular complexity index is 736. The average Bonchev–Trinajstić information content (AvgIpc) is 2.53. The van der Waals surface area contributed by atoms with Gasteiger partial charge in [-0.15, -0.1) is 0 Å². The normalized spacial score (nSPS) is 19.6. The van der Waals surface area contributed by atoms with Crippen LogP contribution in [0.3, 0.4) is 0 Å². The molecule has 0 saturated carbocycles. The summed E-state index contributed by atoms with van der Waals surface area (Å²) in [5.41, 5.74) is 0.942. The van der Waals surface area contributed by atoms with Crippen LogP contribution in [0.2, 0.25) is 0 Å². The fourth-order valence-corrected chi connectivity index (χ4v) is 3.61. The first-order valence-electron chi connectivity index (χ1n) is 8.30. The Balaban J connectivity index is 1.59. The second-order valence-electron chi connectivity index (χ2n) is 6.67. The maximum Gasteiger partial charge on any atom is 0.321 e. The van der Waals surface area contributed by atoms with Crippen molar-refractivity contribution in [3.05, 3.63) is 24.3 Å². The molecule has 3 rings (SSSR count). The lowest BCUT2D eigenvalue weighted by molar-refractivity contribution is -0.168. The van der Waals surface area contributed by atoms with Gasteiger partial charge in [0.15, 0.2) is 0 Å². The Labute approximate surface area is 148 Å². The first-order chi connectivity index (χ1) is 11.8. The number of hydrogen-bond acceptors (Lipinski definition) is 4. The average molecular weight is 368 g/mol. The van der Waals surface area contributed by atoms with Gasteiger partial charge < -0.3 is 15.0 Å². The van der Waals surface area contributed by atoms with Gasteiger partial charge >= 0.3 is 16.2 Å². The minimum Gasteiger partial charge on any atom is -0.375 e. The topological polar surface area (TPSA) is 91.0 Å². The number of ether oxygens (including phenoxy) is 1. The summed E-state index contributed by atoms with van der Waals surface area (Å²) >= 11 is 0. The van der Waals surface area contributed by atoms with Gasteiger partial charge in [-0.3, -0.25) is 4.72 Å². The third-order valence-corrected chi connectivity index (χ3v) is 6.22. The van der Waals surface area contributed by atoms with Crippen LogP contribution in [0.5, 0.6) is 0 Å². The van der Waals surface area contributed by atoms with E-state index in [4.69, 9.17) is 4.74 Å². The fraction of sp³-hybridized carbons (Fsp3) is 0.562. The van der Waals surface area contributed by atoms with Gasteiger partial charge in [0.25, 0.3) is 0 Å².